The third kappa shape index (κ3) is 3.87. The summed E-state index contributed by atoms with van der Waals surface area (Å²) in [6, 6.07) is 10.7. The summed E-state index contributed by atoms with van der Waals surface area (Å²) in [6.45, 7) is 0.664. The van der Waals surface area contributed by atoms with Gasteiger partial charge in [-0.05, 0) is 35.9 Å². The molecule has 0 saturated carbocycles. The summed E-state index contributed by atoms with van der Waals surface area (Å²) >= 11 is 3.30. The molecule has 0 spiro atoms. The van der Waals surface area contributed by atoms with Crippen LogP contribution in [0, 0.1) is 5.82 Å². The molecule has 3 rings (SSSR count). The fourth-order valence-electron chi connectivity index (χ4n) is 2.71. The van der Waals surface area contributed by atoms with Gasteiger partial charge >= 0.3 is 0 Å². The van der Waals surface area contributed by atoms with Crippen LogP contribution < -0.4 is 4.74 Å². The van der Waals surface area contributed by atoms with Crippen molar-refractivity contribution in [2.24, 2.45) is 0 Å². The lowest BCUT2D eigenvalue weighted by atomic mass is 10.1. The zero-order valence-corrected chi connectivity index (χ0v) is 15.9. The molecule has 1 heterocycles. The molecule has 5 nitrogen and oxygen atoms in total. The van der Waals surface area contributed by atoms with Gasteiger partial charge in [-0.15, -0.1) is 0 Å². The van der Waals surface area contributed by atoms with Crippen LogP contribution in [-0.4, -0.2) is 39.5 Å². The molecule has 0 aliphatic carbocycles. The minimum atomic E-state index is -3.75. The number of halogens is 2. The molecule has 1 saturated heterocycles. The van der Waals surface area contributed by atoms with E-state index in [1.54, 1.807) is 24.3 Å². The Bertz CT molecular complexity index is 857. The third-order valence-corrected chi connectivity index (χ3v) is 6.39. The van der Waals surface area contributed by atoms with E-state index in [-0.39, 0.29) is 36.2 Å². The fraction of sp³-hybridized carbons (Fsp3) is 0.294. The van der Waals surface area contributed by atoms with Gasteiger partial charge in [-0.1, -0.05) is 28.1 Å². The number of nitrogens with zero attached hydrogens (tertiary/aromatic N) is 1. The number of benzene rings is 2. The van der Waals surface area contributed by atoms with Gasteiger partial charge in [0.05, 0.1) is 19.8 Å². The van der Waals surface area contributed by atoms with E-state index in [2.05, 4.69) is 15.9 Å². The lowest BCUT2D eigenvalue weighted by Crippen LogP contribution is -2.42. The lowest BCUT2D eigenvalue weighted by Gasteiger charge is -2.32. The van der Waals surface area contributed by atoms with Gasteiger partial charge in [-0.25, -0.2) is 12.8 Å². The molecule has 25 heavy (non-hydrogen) atoms. The zero-order chi connectivity index (χ0) is 18.0. The Labute approximate surface area is 154 Å². The van der Waals surface area contributed by atoms with Crippen LogP contribution in [0.3, 0.4) is 0 Å². The summed E-state index contributed by atoms with van der Waals surface area (Å²) in [5.41, 5.74) is 0.738. The Kier molecular flexibility index (Phi) is 5.43. The molecule has 0 N–H and O–H groups in total. The molecule has 2 aromatic carbocycles. The Hall–Kier alpha value is -1.48. The molecule has 1 atom stereocenters. The number of rotatable bonds is 4. The smallest absolute Gasteiger partial charge is 0.246 e. The van der Waals surface area contributed by atoms with Crippen molar-refractivity contribution in [2.75, 3.05) is 26.8 Å². The van der Waals surface area contributed by atoms with Crippen LogP contribution in [0.2, 0.25) is 0 Å². The largest absolute Gasteiger partial charge is 0.495 e. The highest BCUT2D eigenvalue weighted by Crippen LogP contribution is 2.32. The first-order chi connectivity index (χ1) is 11.9. The van der Waals surface area contributed by atoms with Crippen LogP contribution in [0.5, 0.6) is 5.75 Å². The van der Waals surface area contributed by atoms with Crippen LogP contribution in [-0.2, 0) is 14.8 Å². The highest BCUT2D eigenvalue weighted by atomic mass is 79.9. The second kappa shape index (κ2) is 7.41. The van der Waals surface area contributed by atoms with Crippen molar-refractivity contribution >= 4 is 26.0 Å². The van der Waals surface area contributed by atoms with E-state index in [9.17, 15) is 12.8 Å². The quantitative estimate of drug-likeness (QED) is 0.747. The van der Waals surface area contributed by atoms with E-state index in [0.717, 1.165) is 5.56 Å². The van der Waals surface area contributed by atoms with Crippen molar-refractivity contribution in [3.8, 4) is 5.75 Å². The van der Waals surface area contributed by atoms with Gasteiger partial charge in [0.15, 0.2) is 0 Å². The average Bonchev–Trinajstić information content (AvgIpc) is 2.62. The standard InChI is InChI=1S/C17H17BrFNO4S/c1-23-15-7-4-13(18)10-17(15)25(21,22)20-8-9-24-16(11-20)12-2-5-14(19)6-3-12/h2-7,10,16H,8-9,11H2,1H3. The normalized spacial score (nSPS) is 18.9. The summed E-state index contributed by atoms with van der Waals surface area (Å²) in [7, 11) is -2.32. The van der Waals surface area contributed by atoms with Crippen LogP contribution >= 0.6 is 15.9 Å². The van der Waals surface area contributed by atoms with Gasteiger partial charge in [-0.3, -0.25) is 0 Å². The van der Waals surface area contributed by atoms with Gasteiger partial charge in [-0.2, -0.15) is 4.31 Å². The van der Waals surface area contributed by atoms with Crippen LogP contribution in [0.4, 0.5) is 4.39 Å². The van der Waals surface area contributed by atoms with Crippen molar-refractivity contribution in [3.05, 3.63) is 58.3 Å². The van der Waals surface area contributed by atoms with Gasteiger partial charge in [0.2, 0.25) is 10.0 Å². The monoisotopic (exact) mass is 429 g/mol. The SMILES string of the molecule is COc1ccc(Br)cc1S(=O)(=O)N1CCOC(c2ccc(F)cc2)C1. The van der Waals surface area contributed by atoms with Gasteiger partial charge in [0.25, 0.3) is 0 Å². The number of ether oxygens (including phenoxy) is 2. The molecule has 134 valence electrons. The molecule has 0 bridgehead atoms. The zero-order valence-electron chi connectivity index (χ0n) is 13.5. The van der Waals surface area contributed by atoms with Gasteiger partial charge in [0, 0.05) is 17.6 Å². The molecule has 1 unspecified atom stereocenters. The molecule has 0 aromatic heterocycles. The summed E-state index contributed by atoms with van der Waals surface area (Å²) < 4.78 is 52.1. The van der Waals surface area contributed by atoms with Crippen molar-refractivity contribution in [2.45, 2.75) is 11.0 Å². The maximum absolute atomic E-state index is 13.1. The molecule has 0 radical (unpaired) electrons. The van der Waals surface area contributed by atoms with Gasteiger partial charge in [0.1, 0.15) is 16.5 Å². The first kappa shape index (κ1) is 18.3. The Morgan fingerprint density at radius 2 is 1.96 bits per heavy atom. The molecule has 2 aromatic rings. The highest BCUT2D eigenvalue weighted by molar-refractivity contribution is 9.10. The van der Waals surface area contributed by atoms with Crippen molar-refractivity contribution in [1.82, 2.24) is 4.31 Å². The number of sulfonamides is 1. The predicted octanol–water partition coefficient (Wildman–Crippen LogP) is 3.36. The number of hydrogen-bond donors (Lipinski definition) is 0. The van der Waals surface area contributed by atoms with E-state index >= 15 is 0 Å². The summed E-state index contributed by atoms with van der Waals surface area (Å²) in [4.78, 5) is 0.101. The molecular formula is C17H17BrFNO4S. The lowest BCUT2D eigenvalue weighted by molar-refractivity contribution is -0.00262. The second-order valence-corrected chi connectivity index (χ2v) is 8.39. The minimum Gasteiger partial charge on any atom is -0.495 e. The molecular weight excluding hydrogens is 413 g/mol. The molecule has 1 aliphatic rings. The Balaban J connectivity index is 1.90. The first-order valence-electron chi connectivity index (χ1n) is 7.62. The number of hydrogen-bond acceptors (Lipinski definition) is 4. The fourth-order valence-corrected chi connectivity index (χ4v) is 4.83. The minimum absolute atomic E-state index is 0.101. The molecule has 1 aliphatic heterocycles. The van der Waals surface area contributed by atoms with Crippen LogP contribution in [0.15, 0.2) is 51.8 Å². The van der Waals surface area contributed by atoms with E-state index in [1.165, 1.54) is 29.6 Å². The van der Waals surface area contributed by atoms with Crippen LogP contribution in [0.1, 0.15) is 11.7 Å². The third-order valence-electron chi connectivity index (χ3n) is 4.01. The van der Waals surface area contributed by atoms with Crippen molar-refractivity contribution < 1.29 is 22.3 Å². The van der Waals surface area contributed by atoms with E-state index in [0.29, 0.717) is 4.47 Å². The van der Waals surface area contributed by atoms with Crippen molar-refractivity contribution in [3.63, 3.8) is 0 Å². The number of morpholine rings is 1. The highest BCUT2D eigenvalue weighted by Gasteiger charge is 2.33. The predicted molar refractivity (Wildman–Crippen MR) is 94.5 cm³/mol. The maximum Gasteiger partial charge on any atom is 0.246 e. The summed E-state index contributed by atoms with van der Waals surface area (Å²) in [6.07, 6.45) is -0.442. The van der Waals surface area contributed by atoms with E-state index in [1.807, 2.05) is 0 Å². The van der Waals surface area contributed by atoms with E-state index < -0.39 is 16.1 Å². The number of methoxy groups -OCH3 is 1. The first-order valence-corrected chi connectivity index (χ1v) is 9.86. The topological polar surface area (TPSA) is 55.8 Å². The average molecular weight is 430 g/mol. The molecule has 1 fully saturated rings. The Morgan fingerprint density at radius 3 is 2.64 bits per heavy atom. The Morgan fingerprint density at radius 1 is 1.24 bits per heavy atom. The molecule has 8 heteroatoms. The maximum atomic E-state index is 13.1. The molecule has 0 amide bonds. The van der Waals surface area contributed by atoms with Crippen molar-refractivity contribution in [1.29, 1.82) is 0 Å². The summed E-state index contributed by atoms with van der Waals surface area (Å²) in [5, 5.41) is 0. The van der Waals surface area contributed by atoms with E-state index in [4.69, 9.17) is 9.47 Å². The van der Waals surface area contributed by atoms with Gasteiger partial charge < -0.3 is 9.47 Å². The van der Waals surface area contributed by atoms with Crippen LogP contribution in [0.25, 0.3) is 0 Å². The summed E-state index contributed by atoms with van der Waals surface area (Å²) in [5.74, 6) is -0.0593. The second-order valence-electron chi connectivity index (χ2n) is 5.57.